The summed E-state index contributed by atoms with van der Waals surface area (Å²) in [7, 11) is 2.70. The zero-order chi connectivity index (χ0) is 21.3. The van der Waals surface area contributed by atoms with Crippen LogP contribution in [0.1, 0.15) is 15.9 Å². The van der Waals surface area contributed by atoms with Gasteiger partial charge in [-0.3, -0.25) is 4.79 Å². The monoisotopic (exact) mass is 428 g/mol. The lowest BCUT2D eigenvalue weighted by atomic mass is 10.1. The summed E-state index contributed by atoms with van der Waals surface area (Å²) >= 11 is 6.24. The minimum Gasteiger partial charge on any atom is -0.480 e. The molecule has 2 aliphatic heterocycles. The molecule has 154 valence electrons. The second kappa shape index (κ2) is 8.05. The Bertz CT molecular complexity index is 1140. The van der Waals surface area contributed by atoms with Crippen molar-refractivity contribution in [1.29, 1.82) is 0 Å². The fourth-order valence-corrected chi connectivity index (χ4v) is 3.36. The van der Waals surface area contributed by atoms with Crippen LogP contribution >= 0.6 is 11.6 Å². The minimum atomic E-state index is -0.569. The Hall–Kier alpha value is -3.56. The van der Waals surface area contributed by atoms with Gasteiger partial charge >= 0.3 is 5.97 Å². The SMILES string of the molecule is COC(=O)c1cc2cc(Cl)cc(CNC(=O)C3=CC4=CNON4C=C3)c2nc1OC. The number of nitrogens with one attached hydrogen (secondary N) is 2. The lowest BCUT2D eigenvalue weighted by Gasteiger charge is -2.17. The van der Waals surface area contributed by atoms with Gasteiger partial charge in [0.2, 0.25) is 5.88 Å². The summed E-state index contributed by atoms with van der Waals surface area (Å²) in [5.41, 5.74) is 5.19. The van der Waals surface area contributed by atoms with E-state index < -0.39 is 5.97 Å². The molecule has 2 aromatic rings. The molecule has 0 saturated carbocycles. The number of benzene rings is 1. The van der Waals surface area contributed by atoms with E-state index in [0.29, 0.717) is 32.8 Å². The molecule has 4 rings (SSSR count). The Balaban J connectivity index is 1.61. The summed E-state index contributed by atoms with van der Waals surface area (Å²) in [6.07, 6.45) is 6.60. The molecule has 2 N–H and O–H groups in total. The largest absolute Gasteiger partial charge is 0.480 e. The molecule has 1 aromatic heterocycles. The first-order valence-corrected chi connectivity index (χ1v) is 9.23. The summed E-state index contributed by atoms with van der Waals surface area (Å²) in [6, 6.07) is 4.99. The standard InChI is InChI=1S/C20H17ClN4O5/c1-28-19-16(20(27)29-2)8-12-5-14(21)6-13(17(12)24-19)9-22-18(26)11-3-4-25-15(7-11)10-23-30-25/h3-8,10,23H,9H2,1-2H3,(H,22,26). The van der Waals surface area contributed by atoms with Crippen LogP contribution in [0.2, 0.25) is 5.02 Å². The lowest BCUT2D eigenvalue weighted by molar-refractivity contribution is -0.118. The number of amides is 1. The maximum atomic E-state index is 12.6. The number of methoxy groups -OCH3 is 2. The molecule has 0 saturated heterocycles. The van der Waals surface area contributed by atoms with E-state index in [0.717, 1.165) is 0 Å². The molecule has 3 heterocycles. The predicted octanol–water partition coefficient (Wildman–Crippen LogP) is 2.35. The average molecular weight is 429 g/mol. The van der Waals surface area contributed by atoms with Crippen LogP contribution in [-0.2, 0) is 21.0 Å². The number of hydrogen-bond acceptors (Lipinski definition) is 8. The van der Waals surface area contributed by atoms with Crippen LogP contribution in [0.4, 0.5) is 0 Å². The number of allylic oxidation sites excluding steroid dienone is 1. The van der Waals surface area contributed by atoms with Gasteiger partial charge in [-0.1, -0.05) is 11.6 Å². The van der Waals surface area contributed by atoms with Gasteiger partial charge in [0.1, 0.15) is 5.56 Å². The van der Waals surface area contributed by atoms with Gasteiger partial charge in [-0.2, -0.15) is 4.94 Å². The third-order valence-corrected chi connectivity index (χ3v) is 4.75. The summed E-state index contributed by atoms with van der Waals surface area (Å²) < 4.78 is 10.0. The number of rotatable bonds is 5. The smallest absolute Gasteiger partial charge is 0.343 e. The number of ether oxygens (including phenoxy) is 2. The quantitative estimate of drug-likeness (QED) is 0.700. The maximum Gasteiger partial charge on any atom is 0.343 e. The Kier molecular flexibility index (Phi) is 5.30. The number of hydrogen-bond donors (Lipinski definition) is 2. The summed E-state index contributed by atoms with van der Waals surface area (Å²) in [5.74, 6) is -0.714. The van der Waals surface area contributed by atoms with E-state index in [4.69, 9.17) is 26.0 Å². The Morgan fingerprint density at radius 3 is 2.90 bits per heavy atom. The van der Waals surface area contributed by atoms with E-state index in [2.05, 4.69) is 15.8 Å². The van der Waals surface area contributed by atoms with E-state index in [-0.39, 0.29) is 23.9 Å². The Morgan fingerprint density at radius 2 is 2.13 bits per heavy atom. The van der Waals surface area contributed by atoms with Crippen LogP contribution in [0.5, 0.6) is 5.88 Å². The van der Waals surface area contributed by atoms with Crippen LogP contribution in [0.25, 0.3) is 10.9 Å². The molecule has 30 heavy (non-hydrogen) atoms. The van der Waals surface area contributed by atoms with Crippen molar-refractivity contribution in [3.05, 3.63) is 70.2 Å². The molecule has 2 aliphatic rings. The normalized spacial score (nSPS) is 14.6. The van der Waals surface area contributed by atoms with E-state index in [1.807, 2.05) is 0 Å². The van der Waals surface area contributed by atoms with E-state index in [1.54, 1.807) is 42.8 Å². The first-order chi connectivity index (χ1) is 14.5. The van der Waals surface area contributed by atoms with Gasteiger partial charge < -0.3 is 14.8 Å². The average Bonchev–Trinajstić information content (AvgIpc) is 3.23. The molecule has 0 fully saturated rings. The van der Waals surface area contributed by atoms with E-state index >= 15 is 0 Å². The number of aromatic nitrogens is 1. The van der Waals surface area contributed by atoms with Gasteiger partial charge in [0.05, 0.1) is 31.6 Å². The Labute approximate surface area is 176 Å². The highest BCUT2D eigenvalue weighted by Crippen LogP contribution is 2.28. The van der Waals surface area contributed by atoms with Crippen molar-refractivity contribution in [2.45, 2.75) is 6.54 Å². The lowest BCUT2D eigenvalue weighted by Crippen LogP contribution is -2.26. The number of halogens is 1. The van der Waals surface area contributed by atoms with Crippen molar-refractivity contribution in [2.75, 3.05) is 14.2 Å². The van der Waals surface area contributed by atoms with Crippen LogP contribution < -0.4 is 15.5 Å². The van der Waals surface area contributed by atoms with Crippen LogP contribution in [0.15, 0.2) is 54.0 Å². The van der Waals surface area contributed by atoms with Gasteiger partial charge in [-0.15, -0.1) is 0 Å². The molecule has 0 unspecified atom stereocenters. The third kappa shape index (κ3) is 3.68. The minimum absolute atomic E-state index is 0.128. The highest BCUT2D eigenvalue weighted by molar-refractivity contribution is 6.31. The summed E-state index contributed by atoms with van der Waals surface area (Å²) in [6.45, 7) is 0.173. The van der Waals surface area contributed by atoms with Gasteiger partial charge in [0.25, 0.3) is 5.91 Å². The van der Waals surface area contributed by atoms with Crippen molar-refractivity contribution in [3.63, 3.8) is 0 Å². The molecule has 0 aliphatic carbocycles. The molecule has 9 nitrogen and oxygen atoms in total. The summed E-state index contributed by atoms with van der Waals surface area (Å²) in [5, 5.41) is 5.42. The van der Waals surface area contributed by atoms with Gasteiger partial charge in [-0.25, -0.2) is 20.3 Å². The zero-order valence-corrected chi connectivity index (χ0v) is 16.8. The van der Waals surface area contributed by atoms with Crippen molar-refractivity contribution in [1.82, 2.24) is 20.8 Å². The van der Waals surface area contributed by atoms with Crippen molar-refractivity contribution in [2.24, 2.45) is 0 Å². The van der Waals surface area contributed by atoms with Crippen molar-refractivity contribution in [3.8, 4) is 5.88 Å². The molecule has 1 aromatic carbocycles. The number of nitrogens with zero attached hydrogens (tertiary/aromatic N) is 2. The number of fused-ring (bicyclic) bond motifs is 2. The molecular formula is C20H17ClN4O5. The van der Waals surface area contributed by atoms with Crippen molar-refractivity contribution >= 4 is 34.4 Å². The van der Waals surface area contributed by atoms with Gasteiger partial charge in [-0.05, 0) is 35.9 Å². The van der Waals surface area contributed by atoms with Gasteiger partial charge in [0, 0.05) is 28.7 Å². The predicted molar refractivity (Wildman–Crippen MR) is 108 cm³/mol. The highest BCUT2D eigenvalue weighted by atomic mass is 35.5. The molecule has 0 radical (unpaired) electrons. The molecule has 0 atom stereocenters. The topological polar surface area (TPSA) is 102 Å². The third-order valence-electron chi connectivity index (χ3n) is 4.53. The van der Waals surface area contributed by atoms with E-state index in [1.165, 1.54) is 19.3 Å². The van der Waals surface area contributed by atoms with Crippen molar-refractivity contribution < 1.29 is 24.0 Å². The molecule has 0 bridgehead atoms. The number of esters is 1. The molecule has 1 amide bonds. The zero-order valence-electron chi connectivity index (χ0n) is 16.1. The number of carbonyl (C=O) groups excluding carboxylic acids is 2. The van der Waals surface area contributed by atoms with E-state index in [9.17, 15) is 9.59 Å². The number of carbonyl (C=O) groups is 2. The molecule has 10 heteroatoms. The first kappa shape index (κ1) is 19.7. The maximum absolute atomic E-state index is 12.6. The Morgan fingerprint density at radius 1 is 1.30 bits per heavy atom. The molecular weight excluding hydrogens is 412 g/mol. The van der Waals surface area contributed by atoms with Crippen LogP contribution in [0.3, 0.4) is 0 Å². The second-order valence-electron chi connectivity index (χ2n) is 6.38. The van der Waals surface area contributed by atoms with Gasteiger partial charge in [0.15, 0.2) is 0 Å². The molecule has 0 spiro atoms. The first-order valence-electron chi connectivity index (χ1n) is 8.85. The van der Waals surface area contributed by atoms with Crippen LogP contribution in [-0.4, -0.2) is 36.1 Å². The van der Waals surface area contributed by atoms with Crippen LogP contribution in [0, 0.1) is 0 Å². The number of hydroxylamine groups is 3. The highest BCUT2D eigenvalue weighted by Gasteiger charge is 2.21. The number of pyridine rings is 1. The second-order valence-corrected chi connectivity index (χ2v) is 6.81. The fraction of sp³-hybridized carbons (Fsp3) is 0.150. The summed E-state index contributed by atoms with van der Waals surface area (Å²) in [4.78, 5) is 34.1. The fourth-order valence-electron chi connectivity index (χ4n) is 3.11.